The second-order valence-corrected chi connectivity index (χ2v) is 29.6. The third kappa shape index (κ3) is 23.4. The standard InChI is InChI=1S/C52H38Cl4N18O20S6.6Na/c1-23-43(45(75)73(71-23)37-21-31(95(77,78)79)11-13-33(37)53)69-67-35-17-27(9-15-39(35)97(83,84)85)57-49-61-47(55)63-51(65-49)59-29-7-5-25(41(19-29)99(89,90)91)3-4-26-6-8-30(20-42(26)100(92,93)94)60-52-64-48(56)62-50(66-52)58-28-10-16-40(98(86,87)88)36(18-28)68-70-44-24(2)72-74(46(44)76)38-22-32(96(80,81)82)12-14-34(38)54;;;;;;/h3-22,75-76H,1-2H3,(H,77,78,79)(H,80,81,82)(H,83,84,85)(H,86,87,88)(H,89,90,91)(H,92,93,94)(H2,57,59,61,63,65)(H2,58,60,62,64,66);;;;;;/q;6*+1/p-6. The summed E-state index contributed by atoms with van der Waals surface area (Å²) < 4.78 is 217. The van der Waals surface area contributed by atoms with Gasteiger partial charge in [-0.15, -0.1) is 20.5 Å². The van der Waals surface area contributed by atoms with E-state index in [1.54, 1.807) is 0 Å². The summed E-state index contributed by atoms with van der Waals surface area (Å²) in [6.45, 7) is 2.54. The van der Waals surface area contributed by atoms with E-state index in [9.17, 15) is 88.0 Å². The van der Waals surface area contributed by atoms with E-state index >= 15 is 0 Å². The van der Waals surface area contributed by atoms with Gasteiger partial charge in [0.2, 0.25) is 33.0 Å². The number of nitrogens with zero attached hydrogens (tertiary/aromatic N) is 14. The molecule has 38 nitrogen and oxygen atoms in total. The van der Waals surface area contributed by atoms with Crippen molar-refractivity contribution in [2.24, 2.45) is 40.4 Å². The minimum Gasteiger partial charge on any atom is -0.857 e. The number of H-pyrrole nitrogens is 4. The Morgan fingerprint density at radius 3 is 1.07 bits per heavy atom. The molecule has 0 radical (unpaired) electrons. The molecule has 0 aliphatic carbocycles. The van der Waals surface area contributed by atoms with Crippen LogP contribution < -0.4 is 210 Å². The van der Waals surface area contributed by atoms with Gasteiger partial charge in [-0.25, -0.2) is 63.0 Å². The van der Waals surface area contributed by atoms with Crippen molar-refractivity contribution < 1.29 is 265 Å². The Morgan fingerprint density at radius 1 is 0.415 bits per heavy atom. The third-order valence-corrected chi connectivity index (χ3v) is 19.3. The van der Waals surface area contributed by atoms with Crippen LogP contribution in [0.2, 0.25) is 20.6 Å². The van der Waals surface area contributed by atoms with Crippen LogP contribution in [-0.4, -0.2) is 127 Å². The first-order valence-electron chi connectivity index (χ1n) is 26.5. The molecular formula is C52H32Cl4N18Na6O20S6. The van der Waals surface area contributed by atoms with Crippen molar-refractivity contribution in [2.45, 2.75) is 43.2 Å². The minimum atomic E-state index is -5.30. The number of aryl methyl sites for hydroxylation is 2. The average Bonchev–Trinajstić information content (AvgIpc) is 1.69. The third-order valence-electron chi connectivity index (χ3n) is 13.0. The molecule has 520 valence electrons. The van der Waals surface area contributed by atoms with Gasteiger partial charge in [-0.2, -0.15) is 37.0 Å². The molecule has 0 fully saturated rings. The quantitative estimate of drug-likeness (QED) is 0.0201. The van der Waals surface area contributed by atoms with Gasteiger partial charge in [0.25, 0.3) is 20.2 Å². The predicted molar refractivity (Wildman–Crippen MR) is 337 cm³/mol. The first-order chi connectivity index (χ1) is 46.6. The Morgan fingerprint density at radius 2 is 0.745 bits per heavy atom. The van der Waals surface area contributed by atoms with Crippen LogP contribution in [0.3, 0.4) is 0 Å². The maximum atomic E-state index is 13.4. The smallest absolute Gasteiger partial charge is 0.857 e. The van der Waals surface area contributed by atoms with Gasteiger partial charge >= 0.3 is 177 Å². The molecule has 0 aliphatic heterocycles. The number of halogens is 4. The Bertz CT molecular complexity index is 5910. The van der Waals surface area contributed by atoms with Crippen molar-refractivity contribution in [3.63, 3.8) is 0 Å². The van der Waals surface area contributed by atoms with Crippen molar-refractivity contribution in [2.75, 3.05) is 0 Å². The fourth-order valence-electron chi connectivity index (χ4n) is 8.69. The van der Waals surface area contributed by atoms with E-state index in [4.69, 9.17) is 46.4 Å². The van der Waals surface area contributed by atoms with E-state index in [1.165, 1.54) is 26.0 Å². The van der Waals surface area contributed by atoms with Crippen LogP contribution in [-0.2, 0) is 60.7 Å². The largest absolute Gasteiger partial charge is 1.00 e. The first kappa shape index (κ1) is 94.5. The van der Waals surface area contributed by atoms with Gasteiger partial charge < -0.3 is 38.4 Å². The molecule has 0 unspecified atom stereocenters. The van der Waals surface area contributed by atoms with Gasteiger partial charge in [-0.3, -0.25) is 19.1 Å². The Balaban J connectivity index is 0.00000396. The van der Waals surface area contributed by atoms with E-state index < -0.39 is 135 Å². The summed E-state index contributed by atoms with van der Waals surface area (Å²) in [5, 5.41) is 48.8. The van der Waals surface area contributed by atoms with E-state index in [0.29, 0.717) is 9.36 Å². The maximum absolute atomic E-state index is 13.4. The molecular weight excluding hydrogens is 1670 g/mol. The normalized spacial score (nSPS) is 12.9. The predicted octanol–water partition coefficient (Wildman–Crippen LogP) is -12.4. The van der Waals surface area contributed by atoms with Gasteiger partial charge in [-0.1, -0.05) is 47.5 Å². The summed E-state index contributed by atoms with van der Waals surface area (Å²) in [5.41, 5.74) is -6.07. The first-order valence-corrected chi connectivity index (χ1v) is 36.5. The minimum absolute atomic E-state index is 0. The Kier molecular flexibility index (Phi) is 33.5. The van der Waals surface area contributed by atoms with Crippen molar-refractivity contribution in [1.82, 2.24) is 49.5 Å². The van der Waals surface area contributed by atoms with Crippen LogP contribution in [0.15, 0.2) is 179 Å². The molecule has 6 N–H and O–H groups in total. The monoisotopic (exact) mass is 1700 g/mol. The van der Waals surface area contributed by atoms with Crippen LogP contribution in [0.1, 0.15) is 22.5 Å². The average molecular weight is 1700 g/mol. The number of rotatable bonds is 18. The van der Waals surface area contributed by atoms with E-state index in [2.05, 4.69) is 80.5 Å². The molecule has 106 heavy (non-hydrogen) atoms. The number of aromatic amines is 4. The van der Waals surface area contributed by atoms with Gasteiger partial charge in [0.15, 0.2) is 0 Å². The molecule has 0 atom stereocenters. The van der Waals surface area contributed by atoms with Gasteiger partial charge in [0.1, 0.15) is 73.0 Å². The molecule has 0 amide bonds. The maximum Gasteiger partial charge on any atom is 1.00 e. The number of azo groups is 2. The molecule has 4 aromatic heterocycles. The van der Waals surface area contributed by atoms with Crippen molar-refractivity contribution >= 4 is 165 Å². The van der Waals surface area contributed by atoms with Crippen molar-refractivity contribution in [3.8, 4) is 23.1 Å². The molecule has 0 bridgehead atoms. The number of hydrogen-bond donors (Lipinski definition) is 6. The van der Waals surface area contributed by atoms with Crippen LogP contribution >= 0.6 is 46.4 Å². The summed E-state index contributed by atoms with van der Waals surface area (Å²) in [5.74, 6) is -2.13. The Hall–Kier alpha value is -3.88. The summed E-state index contributed by atoms with van der Waals surface area (Å²) in [4.78, 5) is 30.2. The van der Waals surface area contributed by atoms with E-state index in [1.807, 2.05) is 0 Å². The molecule has 10 aromatic rings. The van der Waals surface area contributed by atoms with Crippen LogP contribution in [0, 0.1) is 13.8 Å². The molecule has 54 heteroatoms. The molecule has 0 saturated heterocycles. The van der Waals surface area contributed by atoms with Crippen molar-refractivity contribution in [1.29, 1.82) is 0 Å². The second-order valence-electron chi connectivity index (χ2n) is 19.9. The fraction of sp³-hybridized carbons (Fsp3) is 0.0385. The summed E-state index contributed by atoms with van der Waals surface area (Å²) in [6, 6.07) is 17.4. The molecule has 10 rings (SSSR count). The SMILES string of the molecule is Cc1nn(-c2cc(S(=O)(=O)[O-])ccc2Cl)c([O-])c1N=Nc1cc(N=c2nc(Cl)[nH]c(=Nc3ccc(C=Cc4ccc(N=c5[nH]c(Cl)nc(=Nc6ccc(S(=O)(=O)[O-])c(N=Nc7c(C)nn(-c8cc(S(=O)(=O)[O-])ccc8Cl)c7[O-])c6)[nH]5)cc4S(=O)(=O)O)c(S(=O)(=O)O)c3)[nH]2)ccc1S(=O)(=O)[O-].[Na+].[Na+].[Na+].[Na+].[Na+].[Na+]. The van der Waals surface area contributed by atoms with E-state index in [-0.39, 0.29) is 267 Å². The van der Waals surface area contributed by atoms with Crippen LogP contribution in [0.4, 0.5) is 45.5 Å². The summed E-state index contributed by atoms with van der Waals surface area (Å²) >= 11 is 24.8. The molecule has 0 aliphatic rings. The van der Waals surface area contributed by atoms with Crippen molar-refractivity contribution in [3.05, 3.63) is 175 Å². The number of nitrogens with one attached hydrogen (secondary N) is 4. The van der Waals surface area contributed by atoms with Gasteiger partial charge in [0, 0.05) is 11.8 Å². The van der Waals surface area contributed by atoms with Gasteiger partial charge in [-0.05, 0) is 145 Å². The molecule has 0 saturated carbocycles. The zero-order chi connectivity index (χ0) is 72.9. The Labute approximate surface area is 750 Å². The van der Waals surface area contributed by atoms with Gasteiger partial charge in [0.05, 0.1) is 75.1 Å². The summed E-state index contributed by atoms with van der Waals surface area (Å²) in [7, 11) is -30.9. The molecule has 0 spiro atoms. The zero-order valence-corrected chi connectivity index (χ0v) is 74.9. The zero-order valence-electron chi connectivity index (χ0n) is 55.0. The summed E-state index contributed by atoms with van der Waals surface area (Å²) in [6.07, 6.45) is 2.10. The molecule has 4 heterocycles. The second kappa shape index (κ2) is 37.6. The van der Waals surface area contributed by atoms with E-state index in [0.717, 1.165) is 109 Å². The molecule has 6 aromatic carbocycles. The number of hydrogen-bond acceptors (Lipinski definition) is 30. The number of benzene rings is 6. The fourth-order valence-corrected chi connectivity index (χ4v) is 13.0. The topological polar surface area (TPSA) is 607 Å². The van der Waals surface area contributed by atoms with Crippen LogP contribution in [0.5, 0.6) is 11.8 Å². The number of aromatic nitrogens is 10. The van der Waals surface area contributed by atoms with Crippen LogP contribution in [0.25, 0.3) is 23.5 Å².